The van der Waals surface area contributed by atoms with Crippen LogP contribution in [0.5, 0.6) is 0 Å². The van der Waals surface area contributed by atoms with Crippen molar-refractivity contribution in [2.45, 2.75) is 0 Å². The Bertz CT molecular complexity index is 348. The normalized spacial score (nSPS) is 9.21. The number of amides is 2. The zero-order valence-corrected chi connectivity index (χ0v) is 7.02. The number of hydrogen-bond donors (Lipinski definition) is 4. The fraction of sp³-hybridized carbons (Fsp3) is 0. The van der Waals surface area contributed by atoms with Crippen LogP contribution in [0.1, 0.15) is 10.4 Å². The molecule has 0 bridgehead atoms. The highest BCUT2D eigenvalue weighted by Crippen LogP contribution is 2.04. The van der Waals surface area contributed by atoms with Crippen LogP contribution in [0, 0.1) is 0 Å². The largest absolute Gasteiger partial charge is 0.465 e. The van der Waals surface area contributed by atoms with Gasteiger partial charge in [0.1, 0.15) is 5.82 Å². The van der Waals surface area contributed by atoms with Crippen LogP contribution in [-0.2, 0) is 0 Å². The molecule has 1 rings (SSSR count). The topological polar surface area (TPSA) is 117 Å². The first-order valence-electron chi connectivity index (χ1n) is 3.60. The van der Waals surface area contributed by atoms with E-state index in [-0.39, 0.29) is 11.4 Å². The van der Waals surface area contributed by atoms with Crippen molar-refractivity contribution in [2.24, 2.45) is 5.84 Å². The van der Waals surface area contributed by atoms with E-state index < -0.39 is 12.0 Å². The highest BCUT2D eigenvalue weighted by Gasteiger charge is 2.04. The lowest BCUT2D eigenvalue weighted by molar-refractivity contribution is 0.0953. The lowest BCUT2D eigenvalue weighted by Gasteiger charge is -2.01. The number of nitrogen functional groups attached to an aromatic ring is 1. The molecule has 0 unspecified atom stereocenters. The number of anilines is 1. The Morgan fingerprint density at radius 1 is 1.43 bits per heavy atom. The summed E-state index contributed by atoms with van der Waals surface area (Å²) in [7, 11) is 0. The molecule has 0 radical (unpaired) electrons. The number of carbonyl (C=O) groups excluding carboxylic acids is 1. The summed E-state index contributed by atoms with van der Waals surface area (Å²) in [6.07, 6.45) is 0.00141. The standard InChI is InChI=1S/C7H8N4O3/c8-11-6(12)4-1-2-5(9-3-4)10-7(13)14/h1-3H,8H2,(H,9,10)(H,11,12)(H,13,14). The molecule has 14 heavy (non-hydrogen) atoms. The molecule has 0 spiro atoms. The van der Waals surface area contributed by atoms with Gasteiger partial charge < -0.3 is 5.11 Å². The van der Waals surface area contributed by atoms with E-state index >= 15 is 0 Å². The third-order valence-corrected chi connectivity index (χ3v) is 1.39. The summed E-state index contributed by atoms with van der Waals surface area (Å²) in [5.74, 6) is 4.54. The summed E-state index contributed by atoms with van der Waals surface area (Å²) in [5.41, 5.74) is 2.18. The predicted octanol–water partition coefficient (Wildman–Crippen LogP) is -0.225. The summed E-state index contributed by atoms with van der Waals surface area (Å²) >= 11 is 0. The molecule has 7 heteroatoms. The molecular weight excluding hydrogens is 188 g/mol. The fourth-order valence-corrected chi connectivity index (χ4v) is 0.795. The number of carbonyl (C=O) groups is 2. The van der Waals surface area contributed by atoms with Crippen LogP contribution in [0.4, 0.5) is 10.6 Å². The van der Waals surface area contributed by atoms with Crippen molar-refractivity contribution in [3.63, 3.8) is 0 Å². The third-order valence-electron chi connectivity index (χ3n) is 1.39. The molecule has 2 amide bonds. The first-order valence-corrected chi connectivity index (χ1v) is 3.60. The van der Waals surface area contributed by atoms with E-state index in [1.54, 1.807) is 0 Å². The predicted molar refractivity (Wildman–Crippen MR) is 47.5 cm³/mol. The van der Waals surface area contributed by atoms with E-state index in [0.717, 1.165) is 0 Å². The van der Waals surface area contributed by atoms with Gasteiger partial charge in [0, 0.05) is 6.20 Å². The Morgan fingerprint density at radius 3 is 2.57 bits per heavy atom. The van der Waals surface area contributed by atoms with Gasteiger partial charge in [0.2, 0.25) is 0 Å². The summed E-state index contributed by atoms with van der Waals surface area (Å²) in [6.45, 7) is 0. The average Bonchev–Trinajstić information content (AvgIpc) is 2.17. The zero-order valence-electron chi connectivity index (χ0n) is 7.02. The molecule has 0 saturated carbocycles. The number of hydrogen-bond acceptors (Lipinski definition) is 4. The number of nitrogens with one attached hydrogen (secondary N) is 2. The van der Waals surface area contributed by atoms with Crippen molar-refractivity contribution in [2.75, 3.05) is 5.32 Å². The minimum atomic E-state index is -1.21. The fourth-order valence-electron chi connectivity index (χ4n) is 0.795. The first-order chi connectivity index (χ1) is 6.63. The molecule has 0 aromatic carbocycles. The van der Waals surface area contributed by atoms with Gasteiger partial charge in [-0.25, -0.2) is 15.6 Å². The lowest BCUT2D eigenvalue weighted by atomic mass is 10.3. The Kier molecular flexibility index (Phi) is 2.97. The number of pyridine rings is 1. The average molecular weight is 196 g/mol. The van der Waals surface area contributed by atoms with E-state index in [1.807, 2.05) is 10.7 Å². The van der Waals surface area contributed by atoms with Crippen LogP contribution < -0.4 is 16.6 Å². The SMILES string of the molecule is NNC(=O)c1ccc(NC(=O)O)nc1. The van der Waals surface area contributed by atoms with E-state index in [4.69, 9.17) is 10.9 Å². The van der Waals surface area contributed by atoms with Gasteiger partial charge >= 0.3 is 6.09 Å². The quantitative estimate of drug-likeness (QED) is 0.296. The summed E-state index contributed by atoms with van der Waals surface area (Å²) in [5, 5.41) is 10.4. The van der Waals surface area contributed by atoms with Gasteiger partial charge in [-0.3, -0.25) is 15.5 Å². The third kappa shape index (κ3) is 2.42. The van der Waals surface area contributed by atoms with Crippen molar-refractivity contribution in [3.05, 3.63) is 23.9 Å². The van der Waals surface area contributed by atoms with Gasteiger partial charge in [-0.05, 0) is 12.1 Å². The maximum atomic E-state index is 10.9. The van der Waals surface area contributed by atoms with Crippen molar-refractivity contribution < 1.29 is 14.7 Å². The molecule has 1 aromatic heterocycles. The van der Waals surface area contributed by atoms with Crippen LogP contribution in [0.25, 0.3) is 0 Å². The molecule has 0 aliphatic heterocycles. The number of nitrogens with two attached hydrogens (primary N) is 1. The van der Waals surface area contributed by atoms with Gasteiger partial charge in [0.15, 0.2) is 0 Å². The van der Waals surface area contributed by atoms with Crippen LogP contribution >= 0.6 is 0 Å². The van der Waals surface area contributed by atoms with Gasteiger partial charge in [-0.2, -0.15) is 0 Å². The molecule has 0 aliphatic carbocycles. The van der Waals surface area contributed by atoms with Crippen molar-refractivity contribution in [1.82, 2.24) is 10.4 Å². The number of rotatable bonds is 2. The van der Waals surface area contributed by atoms with Gasteiger partial charge in [-0.15, -0.1) is 0 Å². The molecule has 7 nitrogen and oxygen atoms in total. The number of carboxylic acid groups (broad SMARTS) is 1. The number of hydrazine groups is 1. The van der Waals surface area contributed by atoms with E-state index in [0.29, 0.717) is 0 Å². The minimum Gasteiger partial charge on any atom is -0.465 e. The summed E-state index contributed by atoms with van der Waals surface area (Å²) < 4.78 is 0. The van der Waals surface area contributed by atoms with Gasteiger partial charge in [-0.1, -0.05) is 0 Å². The Hall–Kier alpha value is -2.15. The smallest absolute Gasteiger partial charge is 0.410 e. The van der Waals surface area contributed by atoms with Crippen LogP contribution in [-0.4, -0.2) is 22.1 Å². The lowest BCUT2D eigenvalue weighted by Crippen LogP contribution is -2.30. The molecule has 0 fully saturated rings. The van der Waals surface area contributed by atoms with Gasteiger partial charge in [0.05, 0.1) is 5.56 Å². The van der Waals surface area contributed by atoms with Crippen LogP contribution in [0.2, 0.25) is 0 Å². The molecule has 0 saturated heterocycles. The van der Waals surface area contributed by atoms with E-state index in [9.17, 15) is 9.59 Å². The van der Waals surface area contributed by atoms with Crippen LogP contribution in [0.3, 0.4) is 0 Å². The monoisotopic (exact) mass is 196 g/mol. The second kappa shape index (κ2) is 4.19. The molecule has 1 heterocycles. The van der Waals surface area contributed by atoms with Crippen molar-refractivity contribution in [1.29, 1.82) is 0 Å². The Balaban J connectivity index is 2.78. The van der Waals surface area contributed by atoms with E-state index in [2.05, 4.69) is 4.98 Å². The maximum absolute atomic E-state index is 10.9. The molecule has 0 atom stereocenters. The number of aromatic nitrogens is 1. The summed E-state index contributed by atoms with van der Waals surface area (Å²) in [6, 6.07) is 2.76. The van der Waals surface area contributed by atoms with Crippen LogP contribution in [0.15, 0.2) is 18.3 Å². The van der Waals surface area contributed by atoms with Gasteiger partial charge in [0.25, 0.3) is 5.91 Å². The molecule has 1 aromatic rings. The van der Waals surface area contributed by atoms with E-state index in [1.165, 1.54) is 18.3 Å². The second-order valence-corrected chi connectivity index (χ2v) is 2.34. The number of nitrogens with zero attached hydrogens (tertiary/aromatic N) is 1. The molecule has 74 valence electrons. The summed E-state index contributed by atoms with van der Waals surface area (Å²) in [4.78, 5) is 24.8. The first kappa shape index (κ1) is 9.93. The minimum absolute atomic E-state index is 0.145. The highest BCUT2D eigenvalue weighted by molar-refractivity contribution is 5.93. The molecule has 0 aliphatic rings. The second-order valence-electron chi connectivity index (χ2n) is 2.34. The van der Waals surface area contributed by atoms with Crippen molar-refractivity contribution in [3.8, 4) is 0 Å². The molecular formula is C7H8N4O3. The Morgan fingerprint density at radius 2 is 2.14 bits per heavy atom. The van der Waals surface area contributed by atoms with Crippen molar-refractivity contribution >= 4 is 17.8 Å². The Labute approximate surface area is 78.9 Å². The molecule has 5 N–H and O–H groups in total. The maximum Gasteiger partial charge on any atom is 0.410 e. The highest BCUT2D eigenvalue weighted by atomic mass is 16.4. The zero-order chi connectivity index (χ0) is 10.6.